The molecule has 0 saturated heterocycles. The van der Waals surface area contributed by atoms with Crippen molar-refractivity contribution in [3.63, 3.8) is 0 Å². The lowest BCUT2D eigenvalue weighted by Crippen LogP contribution is -2.14. The van der Waals surface area contributed by atoms with E-state index in [1.54, 1.807) is 0 Å². The largest absolute Gasteiger partial charge is 0.238 e. The van der Waals surface area contributed by atoms with Crippen LogP contribution in [0.5, 0.6) is 0 Å². The van der Waals surface area contributed by atoms with Crippen molar-refractivity contribution >= 4 is 5.69 Å². The number of fused-ring (bicyclic) bond motifs is 3. The summed E-state index contributed by atoms with van der Waals surface area (Å²) in [5.74, 6) is 0.697. The molecule has 1 aliphatic carbocycles. The Kier molecular flexibility index (Phi) is 6.85. The zero-order valence-corrected chi connectivity index (χ0v) is 26.3. The zero-order chi connectivity index (χ0) is 32.0. The van der Waals surface area contributed by atoms with Crippen LogP contribution in [0.4, 0.5) is 5.69 Å². The van der Waals surface area contributed by atoms with Crippen LogP contribution in [0, 0.1) is 6.57 Å². The van der Waals surface area contributed by atoms with Gasteiger partial charge in [0.2, 0.25) is 0 Å². The Labute approximate surface area is 275 Å². The van der Waals surface area contributed by atoms with Crippen LogP contribution in [-0.4, -0.2) is 9.97 Å². The second-order valence-corrected chi connectivity index (χ2v) is 12.6. The number of hydrogen-bond acceptors (Lipinski definition) is 2. The standard InChI is InChI=1S/C44H31N3/c1-44(2)39-23-21-34(26-37(39)38-27-36(45-3)22-24-40(38)44)33-15-10-16-35(25-33)42-28-41(46-43(47-42)32-13-8-5-9-14-32)31-19-17-30(18-20-31)29-11-6-4-7-12-29/h4-28H,1-2H3. The molecule has 1 aliphatic rings. The number of rotatable bonds is 5. The average Bonchev–Trinajstić information content (AvgIpc) is 3.37. The van der Waals surface area contributed by atoms with Crippen molar-refractivity contribution in [2.24, 2.45) is 0 Å². The Balaban J connectivity index is 1.21. The minimum atomic E-state index is -0.115. The molecule has 47 heavy (non-hydrogen) atoms. The first-order valence-electron chi connectivity index (χ1n) is 15.9. The molecule has 0 bridgehead atoms. The SMILES string of the molecule is [C-]#[N+]c1ccc2c(c1)-c1cc(-c3cccc(-c4cc(-c5ccc(-c6ccccc6)cc5)nc(-c5ccccc5)n4)c3)ccc1C2(C)C. The number of aromatic nitrogens is 2. The molecule has 0 fully saturated rings. The topological polar surface area (TPSA) is 30.1 Å². The summed E-state index contributed by atoms with van der Waals surface area (Å²) in [4.78, 5) is 13.8. The summed E-state index contributed by atoms with van der Waals surface area (Å²) in [6.45, 7) is 12.1. The van der Waals surface area contributed by atoms with Crippen molar-refractivity contribution in [2.75, 3.05) is 0 Å². The van der Waals surface area contributed by atoms with E-state index in [1.807, 2.05) is 36.4 Å². The Morgan fingerprint density at radius 3 is 1.66 bits per heavy atom. The molecule has 0 N–H and O–H groups in total. The molecule has 0 saturated carbocycles. The highest BCUT2D eigenvalue weighted by molar-refractivity contribution is 5.87. The molecule has 0 amide bonds. The summed E-state index contributed by atoms with van der Waals surface area (Å²) in [7, 11) is 0. The number of nitrogens with zero attached hydrogens (tertiary/aromatic N) is 3. The van der Waals surface area contributed by atoms with E-state index in [1.165, 1.54) is 27.8 Å². The summed E-state index contributed by atoms with van der Waals surface area (Å²) in [6.07, 6.45) is 0. The molecule has 6 aromatic carbocycles. The van der Waals surface area contributed by atoms with Crippen molar-refractivity contribution in [2.45, 2.75) is 19.3 Å². The maximum atomic E-state index is 7.57. The fourth-order valence-electron chi connectivity index (χ4n) is 6.79. The minimum Gasteiger partial charge on any atom is -0.238 e. The normalized spacial score (nSPS) is 12.6. The highest BCUT2D eigenvalue weighted by Gasteiger charge is 2.35. The lowest BCUT2D eigenvalue weighted by Gasteiger charge is -2.21. The third kappa shape index (κ3) is 5.11. The van der Waals surface area contributed by atoms with Crippen molar-refractivity contribution < 1.29 is 0 Å². The molecule has 1 heterocycles. The fourth-order valence-corrected chi connectivity index (χ4v) is 6.79. The van der Waals surface area contributed by atoms with E-state index in [9.17, 15) is 0 Å². The zero-order valence-electron chi connectivity index (χ0n) is 26.3. The Morgan fingerprint density at radius 2 is 0.957 bits per heavy atom. The Morgan fingerprint density at radius 1 is 0.447 bits per heavy atom. The molecule has 222 valence electrons. The summed E-state index contributed by atoms with van der Waals surface area (Å²) in [6, 6.07) is 52.7. The lowest BCUT2D eigenvalue weighted by atomic mass is 9.82. The number of hydrogen-bond donors (Lipinski definition) is 0. The molecule has 3 heteroatoms. The van der Waals surface area contributed by atoms with Crippen LogP contribution in [0.3, 0.4) is 0 Å². The molecular formula is C44H31N3. The summed E-state index contributed by atoms with van der Waals surface area (Å²) < 4.78 is 0. The van der Waals surface area contributed by atoms with Gasteiger partial charge in [0.25, 0.3) is 0 Å². The predicted molar refractivity (Wildman–Crippen MR) is 193 cm³/mol. The molecule has 1 aromatic heterocycles. The van der Waals surface area contributed by atoms with E-state index < -0.39 is 0 Å². The van der Waals surface area contributed by atoms with Crippen LogP contribution >= 0.6 is 0 Å². The Hall–Kier alpha value is -6.11. The first-order valence-corrected chi connectivity index (χ1v) is 15.9. The van der Waals surface area contributed by atoms with E-state index in [-0.39, 0.29) is 5.41 Å². The third-order valence-electron chi connectivity index (χ3n) is 9.33. The smallest absolute Gasteiger partial charge is 0.187 e. The molecule has 8 rings (SSSR count). The molecule has 0 spiro atoms. The van der Waals surface area contributed by atoms with E-state index in [2.05, 4.69) is 134 Å². The highest BCUT2D eigenvalue weighted by atomic mass is 14.9. The van der Waals surface area contributed by atoms with Gasteiger partial charge in [-0.25, -0.2) is 14.8 Å². The summed E-state index contributed by atoms with van der Waals surface area (Å²) in [5, 5.41) is 0. The first kappa shape index (κ1) is 28.4. The summed E-state index contributed by atoms with van der Waals surface area (Å²) >= 11 is 0. The van der Waals surface area contributed by atoms with Gasteiger partial charge in [0.15, 0.2) is 11.5 Å². The van der Waals surface area contributed by atoms with Gasteiger partial charge in [-0.2, -0.15) is 0 Å². The van der Waals surface area contributed by atoms with Crippen molar-refractivity contribution in [1.29, 1.82) is 0 Å². The molecule has 0 aliphatic heterocycles. The molecule has 3 nitrogen and oxygen atoms in total. The van der Waals surface area contributed by atoms with Crippen LogP contribution in [0.1, 0.15) is 25.0 Å². The van der Waals surface area contributed by atoms with Gasteiger partial charge >= 0.3 is 0 Å². The molecule has 7 aromatic rings. The molecule has 0 radical (unpaired) electrons. The van der Waals surface area contributed by atoms with Crippen LogP contribution in [0.15, 0.2) is 152 Å². The minimum absolute atomic E-state index is 0.115. The molecular weight excluding hydrogens is 571 g/mol. The van der Waals surface area contributed by atoms with E-state index in [4.69, 9.17) is 16.5 Å². The highest BCUT2D eigenvalue weighted by Crippen LogP contribution is 2.50. The van der Waals surface area contributed by atoms with Crippen molar-refractivity contribution in [3.05, 3.63) is 174 Å². The monoisotopic (exact) mass is 601 g/mol. The van der Waals surface area contributed by atoms with Gasteiger partial charge in [-0.1, -0.05) is 141 Å². The maximum Gasteiger partial charge on any atom is 0.187 e. The Bertz CT molecular complexity index is 2310. The van der Waals surface area contributed by atoms with E-state index in [0.29, 0.717) is 11.5 Å². The second-order valence-electron chi connectivity index (χ2n) is 12.6. The second kappa shape index (κ2) is 11.4. The van der Waals surface area contributed by atoms with Gasteiger partial charge in [-0.3, -0.25) is 0 Å². The van der Waals surface area contributed by atoms with Crippen LogP contribution in [0.25, 0.3) is 72.1 Å². The van der Waals surface area contributed by atoms with Gasteiger partial charge in [0, 0.05) is 22.1 Å². The van der Waals surface area contributed by atoms with Gasteiger partial charge in [0.05, 0.1) is 18.0 Å². The molecule has 0 unspecified atom stereocenters. The quantitative estimate of drug-likeness (QED) is 0.184. The number of benzene rings is 6. The van der Waals surface area contributed by atoms with Gasteiger partial charge < -0.3 is 0 Å². The van der Waals surface area contributed by atoms with Crippen molar-refractivity contribution in [3.8, 4) is 67.3 Å². The average molecular weight is 602 g/mol. The van der Waals surface area contributed by atoms with Gasteiger partial charge in [0.1, 0.15) is 0 Å². The van der Waals surface area contributed by atoms with Gasteiger partial charge in [-0.05, 0) is 68.8 Å². The third-order valence-corrected chi connectivity index (χ3v) is 9.33. The maximum absolute atomic E-state index is 7.57. The van der Waals surface area contributed by atoms with Crippen LogP contribution < -0.4 is 0 Å². The van der Waals surface area contributed by atoms with Crippen LogP contribution in [0.2, 0.25) is 0 Å². The van der Waals surface area contributed by atoms with Crippen molar-refractivity contribution in [1.82, 2.24) is 9.97 Å². The van der Waals surface area contributed by atoms with Crippen LogP contribution in [-0.2, 0) is 5.41 Å². The first-order chi connectivity index (χ1) is 23.0. The lowest BCUT2D eigenvalue weighted by molar-refractivity contribution is 0.660. The van der Waals surface area contributed by atoms with Gasteiger partial charge in [-0.15, -0.1) is 0 Å². The summed E-state index contributed by atoms with van der Waals surface area (Å²) in [5.41, 5.74) is 14.9. The fraction of sp³-hybridized carbons (Fsp3) is 0.0682. The van der Waals surface area contributed by atoms with E-state index >= 15 is 0 Å². The predicted octanol–water partition coefficient (Wildman–Crippen LogP) is 11.7. The van der Waals surface area contributed by atoms with E-state index in [0.717, 1.165) is 44.8 Å². The molecule has 0 atom stereocenters.